The topological polar surface area (TPSA) is 26.3 Å². The number of benzene rings is 2. The fourth-order valence-corrected chi connectivity index (χ4v) is 3.70. The zero-order valence-electron chi connectivity index (χ0n) is 16.5. The second-order valence-corrected chi connectivity index (χ2v) is 9.60. The van der Waals surface area contributed by atoms with Gasteiger partial charge in [-0.1, -0.05) is 90.6 Å². The molecule has 2 nitrogen and oxygen atoms in total. The Hall–Kier alpha value is -1.74. The van der Waals surface area contributed by atoms with Gasteiger partial charge in [-0.25, -0.2) is 4.79 Å². The molecule has 26 heavy (non-hydrogen) atoms. The van der Waals surface area contributed by atoms with Crippen molar-refractivity contribution in [2.75, 3.05) is 6.61 Å². The van der Waals surface area contributed by atoms with Gasteiger partial charge in [-0.15, -0.1) is 0 Å². The number of hydrogen-bond acceptors (Lipinski definition) is 2. The van der Waals surface area contributed by atoms with Gasteiger partial charge in [0.15, 0.2) is 0 Å². The standard InChI is InChI=1S/C23H28O2S/c1-22(2,3)14-7-9-16-17-10-8-15(23(4,5)6)12-19(17)20(18(16)11-14)13-25-21(24)26/h7-12,20H,13H2,1-6H3,(H,24,26). The van der Waals surface area contributed by atoms with Crippen LogP contribution in [0.3, 0.4) is 0 Å². The average molecular weight is 369 g/mol. The molecule has 0 aliphatic heterocycles. The second-order valence-electron chi connectivity index (χ2n) is 9.23. The lowest BCUT2D eigenvalue weighted by Crippen LogP contribution is -2.14. The van der Waals surface area contributed by atoms with Gasteiger partial charge < -0.3 is 4.74 Å². The molecule has 2 aromatic carbocycles. The molecule has 1 aliphatic rings. The van der Waals surface area contributed by atoms with E-state index < -0.39 is 5.30 Å². The Kier molecular flexibility index (Phi) is 4.72. The van der Waals surface area contributed by atoms with E-state index >= 15 is 0 Å². The Bertz CT molecular complexity index is 790. The van der Waals surface area contributed by atoms with Crippen molar-refractivity contribution in [3.05, 3.63) is 58.7 Å². The van der Waals surface area contributed by atoms with E-state index in [0.29, 0.717) is 6.61 Å². The fourth-order valence-electron chi connectivity index (χ4n) is 3.63. The zero-order chi connectivity index (χ0) is 19.3. The van der Waals surface area contributed by atoms with Gasteiger partial charge in [-0.2, -0.15) is 0 Å². The van der Waals surface area contributed by atoms with Crippen LogP contribution in [0.5, 0.6) is 0 Å². The summed E-state index contributed by atoms with van der Waals surface area (Å²) in [5, 5.41) is -0.529. The summed E-state index contributed by atoms with van der Waals surface area (Å²) in [6.45, 7) is 13.6. The largest absolute Gasteiger partial charge is 0.457 e. The Morgan fingerprint density at radius 2 is 1.31 bits per heavy atom. The maximum Gasteiger partial charge on any atom is 0.364 e. The average Bonchev–Trinajstić information content (AvgIpc) is 2.83. The third kappa shape index (κ3) is 3.55. The normalized spacial score (nSPS) is 14.1. The minimum atomic E-state index is -0.529. The first-order valence-electron chi connectivity index (χ1n) is 9.13. The summed E-state index contributed by atoms with van der Waals surface area (Å²) in [5.74, 6) is 0.0562. The summed E-state index contributed by atoms with van der Waals surface area (Å²) in [5.41, 5.74) is 7.71. The van der Waals surface area contributed by atoms with E-state index in [1.54, 1.807) is 0 Å². The molecule has 0 N–H and O–H groups in total. The predicted octanol–water partition coefficient (Wildman–Crippen LogP) is 6.46. The van der Waals surface area contributed by atoms with Crippen LogP contribution in [0.25, 0.3) is 11.1 Å². The van der Waals surface area contributed by atoms with Crippen LogP contribution in [-0.4, -0.2) is 11.9 Å². The lowest BCUT2D eigenvalue weighted by molar-refractivity contribution is 0.172. The summed E-state index contributed by atoms with van der Waals surface area (Å²) < 4.78 is 5.32. The minimum Gasteiger partial charge on any atom is -0.457 e. The van der Waals surface area contributed by atoms with Crippen molar-refractivity contribution in [2.45, 2.75) is 58.3 Å². The number of carbonyl (C=O) groups is 1. The fraction of sp³-hybridized carbons (Fsp3) is 0.435. The predicted molar refractivity (Wildman–Crippen MR) is 111 cm³/mol. The maximum atomic E-state index is 11.3. The molecule has 0 saturated carbocycles. The van der Waals surface area contributed by atoms with Gasteiger partial charge in [0.1, 0.15) is 6.61 Å². The Labute approximate surface area is 162 Å². The molecule has 0 bridgehead atoms. The molecule has 3 heteroatoms. The Balaban J connectivity index is 2.14. The summed E-state index contributed by atoms with van der Waals surface area (Å²) in [6, 6.07) is 13.4. The van der Waals surface area contributed by atoms with Crippen molar-refractivity contribution in [1.29, 1.82) is 0 Å². The molecule has 0 spiro atoms. The molecular weight excluding hydrogens is 340 g/mol. The molecule has 0 atom stereocenters. The minimum absolute atomic E-state index is 0.0562. The lowest BCUT2D eigenvalue weighted by atomic mass is 9.83. The van der Waals surface area contributed by atoms with Gasteiger partial charge >= 0.3 is 5.30 Å². The third-order valence-corrected chi connectivity index (χ3v) is 5.38. The van der Waals surface area contributed by atoms with Gasteiger partial charge in [0, 0.05) is 5.92 Å². The van der Waals surface area contributed by atoms with E-state index in [1.807, 2.05) is 0 Å². The molecule has 0 radical (unpaired) electrons. The van der Waals surface area contributed by atoms with Crippen LogP contribution in [0.15, 0.2) is 36.4 Å². The van der Waals surface area contributed by atoms with Gasteiger partial charge in [0.2, 0.25) is 0 Å². The molecule has 0 fully saturated rings. The first-order valence-corrected chi connectivity index (χ1v) is 9.58. The zero-order valence-corrected chi connectivity index (χ0v) is 17.4. The first kappa shape index (κ1) is 19.0. The summed E-state index contributed by atoms with van der Waals surface area (Å²) in [6.07, 6.45) is 0. The van der Waals surface area contributed by atoms with E-state index in [9.17, 15) is 4.79 Å². The number of fused-ring (bicyclic) bond motifs is 3. The van der Waals surface area contributed by atoms with Crippen molar-refractivity contribution in [3.8, 4) is 11.1 Å². The first-order chi connectivity index (χ1) is 12.0. The monoisotopic (exact) mass is 368 g/mol. The Morgan fingerprint density at radius 3 is 1.65 bits per heavy atom. The van der Waals surface area contributed by atoms with Crippen LogP contribution >= 0.6 is 12.6 Å². The smallest absolute Gasteiger partial charge is 0.364 e. The third-order valence-electron chi connectivity index (χ3n) is 5.25. The van der Waals surface area contributed by atoms with Crippen LogP contribution in [0.2, 0.25) is 0 Å². The quantitative estimate of drug-likeness (QED) is 0.486. The molecule has 0 heterocycles. The lowest BCUT2D eigenvalue weighted by Gasteiger charge is -2.22. The molecule has 0 unspecified atom stereocenters. The second kappa shape index (κ2) is 6.45. The van der Waals surface area contributed by atoms with E-state index in [2.05, 4.69) is 90.6 Å². The van der Waals surface area contributed by atoms with Crippen molar-refractivity contribution < 1.29 is 9.53 Å². The molecule has 138 valence electrons. The van der Waals surface area contributed by atoms with Crippen LogP contribution in [0, 0.1) is 0 Å². The van der Waals surface area contributed by atoms with Crippen molar-refractivity contribution in [2.24, 2.45) is 0 Å². The maximum absolute atomic E-state index is 11.3. The highest BCUT2D eigenvalue weighted by molar-refractivity contribution is 7.96. The van der Waals surface area contributed by atoms with Crippen LogP contribution < -0.4 is 0 Å². The van der Waals surface area contributed by atoms with Gasteiger partial charge in [0.05, 0.1) is 0 Å². The highest BCUT2D eigenvalue weighted by atomic mass is 32.1. The molecule has 3 rings (SSSR count). The molecular formula is C23H28O2S. The number of ether oxygens (including phenoxy) is 1. The van der Waals surface area contributed by atoms with Crippen molar-refractivity contribution >= 4 is 17.9 Å². The SMILES string of the molecule is CC(C)(C)c1ccc2c(c1)C(COC(=O)S)c1cc(C(C)(C)C)ccc1-2. The van der Waals surface area contributed by atoms with Crippen molar-refractivity contribution in [1.82, 2.24) is 0 Å². The highest BCUT2D eigenvalue weighted by Crippen LogP contribution is 2.47. The highest BCUT2D eigenvalue weighted by Gasteiger charge is 2.32. The number of carbonyl (C=O) groups excluding carboxylic acids is 1. The molecule has 0 aromatic heterocycles. The van der Waals surface area contributed by atoms with Gasteiger partial charge in [-0.3, -0.25) is 0 Å². The van der Waals surface area contributed by atoms with Gasteiger partial charge in [-0.05, 0) is 44.2 Å². The Morgan fingerprint density at radius 1 is 0.885 bits per heavy atom. The number of hydrogen-bond donors (Lipinski definition) is 1. The van der Waals surface area contributed by atoms with E-state index in [4.69, 9.17) is 4.74 Å². The molecule has 2 aromatic rings. The van der Waals surface area contributed by atoms with E-state index in [1.165, 1.54) is 33.4 Å². The summed E-state index contributed by atoms with van der Waals surface area (Å²) >= 11 is 3.78. The number of rotatable bonds is 2. The number of thiol groups is 1. The summed E-state index contributed by atoms with van der Waals surface area (Å²) in [4.78, 5) is 11.3. The molecule has 0 amide bonds. The van der Waals surface area contributed by atoms with Crippen LogP contribution in [-0.2, 0) is 15.6 Å². The van der Waals surface area contributed by atoms with Crippen LogP contribution in [0.4, 0.5) is 4.79 Å². The van der Waals surface area contributed by atoms with E-state index in [0.717, 1.165) is 0 Å². The summed E-state index contributed by atoms with van der Waals surface area (Å²) in [7, 11) is 0. The van der Waals surface area contributed by atoms with Crippen molar-refractivity contribution in [3.63, 3.8) is 0 Å². The van der Waals surface area contributed by atoms with E-state index in [-0.39, 0.29) is 16.7 Å². The van der Waals surface area contributed by atoms with Gasteiger partial charge in [0.25, 0.3) is 0 Å². The molecule has 0 saturated heterocycles. The van der Waals surface area contributed by atoms with Crippen LogP contribution in [0.1, 0.15) is 69.7 Å². The molecule has 1 aliphatic carbocycles.